The quantitative estimate of drug-likeness (QED) is 0.509. The number of ketones is 1. The Balaban J connectivity index is 1.37. The lowest BCUT2D eigenvalue weighted by Gasteiger charge is -2.15. The van der Waals surface area contributed by atoms with Gasteiger partial charge in [0.2, 0.25) is 5.91 Å². The topological polar surface area (TPSA) is 121 Å². The predicted octanol–water partition coefficient (Wildman–Crippen LogP) is 3.60. The molecule has 2 heterocycles. The normalized spacial score (nSPS) is 13.6. The molecule has 3 aromatic rings. The zero-order valence-corrected chi connectivity index (χ0v) is 17.9. The number of pyridine rings is 1. The second kappa shape index (κ2) is 9.12. The van der Waals surface area contributed by atoms with Gasteiger partial charge >= 0.3 is 0 Å². The number of anilines is 2. The standard InChI is InChI=1S/C24H21FN6O2/c1-15-2-3-20(16(6-15)9-26)31-18-7-19(25)21(29-12-18)13-30-23(33)24(4-5-24)8-22(32)17-10-27-14-28-11-17/h2-3,6-7,10-12,14,31H,4-5,8,13H2,1H3,(H,30,33). The maximum Gasteiger partial charge on any atom is 0.226 e. The summed E-state index contributed by atoms with van der Waals surface area (Å²) in [4.78, 5) is 36.9. The van der Waals surface area contributed by atoms with Gasteiger partial charge in [0.15, 0.2) is 5.78 Å². The number of aromatic nitrogens is 3. The Bertz CT molecular complexity index is 1250. The van der Waals surface area contributed by atoms with Crippen molar-refractivity contribution in [3.05, 3.63) is 77.4 Å². The number of hydrogen-bond acceptors (Lipinski definition) is 7. The number of rotatable bonds is 8. The van der Waals surface area contributed by atoms with Crippen molar-refractivity contribution in [1.82, 2.24) is 20.3 Å². The van der Waals surface area contributed by atoms with Gasteiger partial charge in [-0.25, -0.2) is 14.4 Å². The predicted molar refractivity (Wildman–Crippen MR) is 118 cm³/mol. The number of carbonyl (C=O) groups excluding carboxylic acids is 2. The molecule has 0 aliphatic heterocycles. The average Bonchev–Trinajstić information content (AvgIpc) is 3.60. The molecule has 0 radical (unpaired) electrons. The lowest BCUT2D eigenvalue weighted by atomic mass is 9.96. The van der Waals surface area contributed by atoms with Crippen LogP contribution in [0.3, 0.4) is 0 Å². The molecule has 1 fully saturated rings. The highest BCUT2D eigenvalue weighted by Gasteiger charge is 2.51. The minimum absolute atomic E-state index is 0.0583. The number of amides is 1. The second-order valence-electron chi connectivity index (χ2n) is 8.13. The van der Waals surface area contributed by atoms with Crippen LogP contribution in [0, 0.1) is 29.5 Å². The Morgan fingerprint density at radius 2 is 1.94 bits per heavy atom. The molecule has 8 nitrogen and oxygen atoms in total. The van der Waals surface area contributed by atoms with Gasteiger partial charge in [0.1, 0.15) is 18.2 Å². The number of Topliss-reactive ketones (excluding diaryl/α,β-unsaturated/α-hetero) is 1. The van der Waals surface area contributed by atoms with Crippen LogP contribution in [0.5, 0.6) is 0 Å². The maximum atomic E-state index is 14.6. The summed E-state index contributed by atoms with van der Waals surface area (Å²) in [6.45, 7) is 1.79. The third kappa shape index (κ3) is 5.01. The Morgan fingerprint density at radius 1 is 1.18 bits per heavy atom. The van der Waals surface area contributed by atoms with Gasteiger partial charge in [0.05, 0.1) is 46.4 Å². The van der Waals surface area contributed by atoms with E-state index in [9.17, 15) is 19.2 Å². The van der Waals surface area contributed by atoms with Crippen molar-refractivity contribution in [3.63, 3.8) is 0 Å². The highest BCUT2D eigenvalue weighted by molar-refractivity contribution is 6.00. The van der Waals surface area contributed by atoms with Crippen LogP contribution >= 0.6 is 0 Å². The fraction of sp³-hybridized carbons (Fsp3) is 0.250. The summed E-state index contributed by atoms with van der Waals surface area (Å²) < 4.78 is 14.6. The van der Waals surface area contributed by atoms with Gasteiger partial charge in [-0.1, -0.05) is 6.07 Å². The van der Waals surface area contributed by atoms with E-state index in [4.69, 9.17) is 0 Å². The van der Waals surface area contributed by atoms with Crippen LogP contribution in [0.1, 0.15) is 46.4 Å². The molecule has 0 bridgehead atoms. The first kappa shape index (κ1) is 22.0. The molecule has 33 heavy (non-hydrogen) atoms. The summed E-state index contributed by atoms with van der Waals surface area (Å²) in [5.41, 5.74) is 1.99. The van der Waals surface area contributed by atoms with Gasteiger partial charge in [-0.05, 0) is 37.5 Å². The zero-order valence-electron chi connectivity index (χ0n) is 17.9. The van der Waals surface area contributed by atoms with E-state index < -0.39 is 11.2 Å². The van der Waals surface area contributed by atoms with E-state index >= 15 is 0 Å². The maximum absolute atomic E-state index is 14.6. The molecule has 0 spiro atoms. The van der Waals surface area contributed by atoms with Gasteiger partial charge in [-0.15, -0.1) is 0 Å². The van der Waals surface area contributed by atoms with Gasteiger partial charge in [-0.3, -0.25) is 14.6 Å². The molecule has 4 rings (SSSR count). The van der Waals surface area contributed by atoms with Gasteiger partial charge < -0.3 is 10.6 Å². The summed E-state index contributed by atoms with van der Waals surface area (Å²) in [5, 5.41) is 15.0. The first-order chi connectivity index (χ1) is 15.9. The molecule has 1 aromatic carbocycles. The number of benzene rings is 1. The minimum Gasteiger partial charge on any atom is -0.353 e. The Kier molecular flexibility index (Phi) is 6.09. The third-order valence-electron chi connectivity index (χ3n) is 5.63. The molecular formula is C24H21FN6O2. The van der Waals surface area contributed by atoms with Crippen LogP contribution in [0.4, 0.5) is 15.8 Å². The van der Waals surface area contributed by atoms with Crippen LogP contribution in [0.2, 0.25) is 0 Å². The SMILES string of the molecule is Cc1ccc(Nc2cnc(CNC(=O)C3(CC(=O)c4cncnc4)CC3)c(F)c2)c(C#N)c1. The molecule has 1 aliphatic carbocycles. The first-order valence-electron chi connectivity index (χ1n) is 10.4. The summed E-state index contributed by atoms with van der Waals surface area (Å²) in [5.74, 6) is -1.08. The lowest BCUT2D eigenvalue weighted by Crippen LogP contribution is -2.33. The van der Waals surface area contributed by atoms with Crippen molar-refractivity contribution in [3.8, 4) is 6.07 Å². The average molecular weight is 444 g/mol. The number of nitrogens with one attached hydrogen (secondary N) is 2. The van der Waals surface area contributed by atoms with Gasteiger partial charge in [0, 0.05) is 24.9 Å². The van der Waals surface area contributed by atoms with Crippen LogP contribution in [0.15, 0.2) is 49.2 Å². The highest BCUT2D eigenvalue weighted by atomic mass is 19.1. The monoisotopic (exact) mass is 444 g/mol. The zero-order chi connectivity index (χ0) is 23.4. The minimum atomic E-state index is -0.774. The lowest BCUT2D eigenvalue weighted by molar-refractivity contribution is -0.126. The Morgan fingerprint density at radius 3 is 2.61 bits per heavy atom. The van der Waals surface area contributed by atoms with E-state index in [0.717, 1.165) is 5.56 Å². The van der Waals surface area contributed by atoms with Crippen molar-refractivity contribution in [2.75, 3.05) is 5.32 Å². The van der Waals surface area contributed by atoms with E-state index in [0.29, 0.717) is 35.3 Å². The summed E-state index contributed by atoms with van der Waals surface area (Å²) in [6.07, 6.45) is 6.87. The van der Waals surface area contributed by atoms with Crippen LogP contribution < -0.4 is 10.6 Å². The second-order valence-corrected chi connectivity index (χ2v) is 8.13. The van der Waals surface area contributed by atoms with E-state index in [1.54, 1.807) is 12.1 Å². The first-order valence-corrected chi connectivity index (χ1v) is 10.4. The number of halogens is 1. The van der Waals surface area contributed by atoms with Crippen molar-refractivity contribution >= 4 is 23.1 Å². The summed E-state index contributed by atoms with van der Waals surface area (Å²) in [6, 6.07) is 8.70. The molecule has 2 N–H and O–H groups in total. The van der Waals surface area contributed by atoms with Gasteiger partial charge in [-0.2, -0.15) is 5.26 Å². The van der Waals surface area contributed by atoms with Crippen molar-refractivity contribution < 1.29 is 14.0 Å². The van der Waals surface area contributed by atoms with E-state index in [2.05, 4.69) is 31.7 Å². The number of aryl methyl sites for hydroxylation is 1. The largest absolute Gasteiger partial charge is 0.353 e. The van der Waals surface area contributed by atoms with Crippen LogP contribution in [-0.4, -0.2) is 26.6 Å². The van der Waals surface area contributed by atoms with E-state index in [1.165, 1.54) is 31.0 Å². The molecule has 0 unspecified atom stereocenters. The van der Waals surface area contributed by atoms with E-state index in [1.807, 2.05) is 13.0 Å². The molecule has 166 valence electrons. The number of hydrogen-bond donors (Lipinski definition) is 2. The van der Waals surface area contributed by atoms with Crippen molar-refractivity contribution in [2.45, 2.75) is 32.7 Å². The highest BCUT2D eigenvalue weighted by Crippen LogP contribution is 2.49. The van der Waals surface area contributed by atoms with Crippen LogP contribution in [-0.2, 0) is 11.3 Å². The Hall–Kier alpha value is -4.19. The van der Waals surface area contributed by atoms with Crippen molar-refractivity contribution in [1.29, 1.82) is 5.26 Å². The van der Waals surface area contributed by atoms with Gasteiger partial charge in [0.25, 0.3) is 0 Å². The summed E-state index contributed by atoms with van der Waals surface area (Å²) in [7, 11) is 0. The molecular weight excluding hydrogens is 423 g/mol. The fourth-order valence-electron chi connectivity index (χ4n) is 3.52. The molecule has 0 saturated heterocycles. The number of nitrogens with zero attached hydrogens (tertiary/aromatic N) is 4. The number of nitriles is 1. The fourth-order valence-corrected chi connectivity index (χ4v) is 3.52. The van der Waals surface area contributed by atoms with E-state index in [-0.39, 0.29) is 30.3 Å². The third-order valence-corrected chi connectivity index (χ3v) is 5.63. The Labute approximate surface area is 189 Å². The molecule has 2 aromatic heterocycles. The van der Waals surface area contributed by atoms with Crippen molar-refractivity contribution in [2.24, 2.45) is 5.41 Å². The van der Waals surface area contributed by atoms with Crippen LogP contribution in [0.25, 0.3) is 0 Å². The smallest absolute Gasteiger partial charge is 0.226 e. The molecule has 9 heteroatoms. The molecule has 1 amide bonds. The molecule has 1 saturated carbocycles. The molecule has 0 atom stereocenters. The number of carbonyl (C=O) groups is 2. The summed E-state index contributed by atoms with van der Waals surface area (Å²) >= 11 is 0. The molecule has 1 aliphatic rings.